The minimum absolute atomic E-state index is 0.0374. The van der Waals surface area contributed by atoms with Gasteiger partial charge in [0, 0.05) is 24.7 Å². The summed E-state index contributed by atoms with van der Waals surface area (Å²) in [6.07, 6.45) is -0.867. The fraction of sp³-hybridized carbons (Fsp3) is 0.227. The van der Waals surface area contributed by atoms with Crippen LogP contribution in [0.15, 0.2) is 53.3 Å². The number of amides is 2. The molecule has 160 valence electrons. The van der Waals surface area contributed by atoms with Crippen LogP contribution >= 0.6 is 0 Å². The zero-order valence-electron chi connectivity index (χ0n) is 17.1. The molecule has 31 heavy (non-hydrogen) atoms. The Kier molecular flexibility index (Phi) is 6.76. The lowest BCUT2D eigenvalue weighted by molar-refractivity contribution is -0.153. The van der Waals surface area contributed by atoms with E-state index in [9.17, 15) is 19.2 Å². The number of aromatic nitrogens is 2. The molecule has 0 saturated heterocycles. The molecule has 0 aliphatic carbocycles. The van der Waals surface area contributed by atoms with Gasteiger partial charge in [-0.1, -0.05) is 12.1 Å². The van der Waals surface area contributed by atoms with Crippen LogP contribution in [-0.2, 0) is 25.5 Å². The standard InChI is InChI=1S/C22H22N4O5/c1-13(21(29)24-16-9-7-15(8-10-16)23-14(2)27)31-20(28)12-11-19-25-18-6-4-3-5-17(18)22(30)26-19/h3-10,13H,11-12H2,1-2H3,(H,23,27)(H,24,29)(H,25,26,30). The summed E-state index contributed by atoms with van der Waals surface area (Å²) in [7, 11) is 0. The number of carbonyl (C=O) groups excluding carboxylic acids is 3. The second kappa shape index (κ2) is 9.66. The molecule has 0 aliphatic heterocycles. The van der Waals surface area contributed by atoms with Gasteiger partial charge in [-0.3, -0.25) is 19.2 Å². The zero-order valence-corrected chi connectivity index (χ0v) is 17.1. The lowest BCUT2D eigenvalue weighted by Gasteiger charge is -2.14. The first kappa shape index (κ1) is 21.7. The maximum absolute atomic E-state index is 12.3. The molecule has 0 fully saturated rings. The smallest absolute Gasteiger partial charge is 0.307 e. The van der Waals surface area contributed by atoms with Crippen LogP contribution < -0.4 is 16.2 Å². The minimum Gasteiger partial charge on any atom is -0.453 e. The number of esters is 1. The maximum Gasteiger partial charge on any atom is 0.307 e. The SMILES string of the molecule is CC(=O)Nc1ccc(NC(=O)C(C)OC(=O)CCc2nc3ccccc3c(=O)[nH]2)cc1. The Balaban J connectivity index is 1.51. The molecule has 0 bridgehead atoms. The molecule has 0 radical (unpaired) electrons. The van der Waals surface area contributed by atoms with E-state index < -0.39 is 18.0 Å². The third kappa shape index (κ3) is 5.99. The highest BCUT2D eigenvalue weighted by atomic mass is 16.5. The Hall–Kier alpha value is -4.01. The molecule has 0 spiro atoms. The fourth-order valence-corrected chi connectivity index (χ4v) is 2.87. The average Bonchev–Trinajstić information content (AvgIpc) is 2.73. The van der Waals surface area contributed by atoms with E-state index in [-0.39, 0.29) is 24.3 Å². The molecular weight excluding hydrogens is 400 g/mol. The van der Waals surface area contributed by atoms with Gasteiger partial charge in [0.25, 0.3) is 11.5 Å². The van der Waals surface area contributed by atoms with Crippen LogP contribution in [0.1, 0.15) is 26.1 Å². The number of fused-ring (bicyclic) bond motifs is 1. The molecule has 0 saturated carbocycles. The van der Waals surface area contributed by atoms with Crippen molar-refractivity contribution in [3.8, 4) is 0 Å². The number of para-hydroxylation sites is 1. The van der Waals surface area contributed by atoms with Crippen LogP contribution in [0.4, 0.5) is 11.4 Å². The third-order valence-corrected chi connectivity index (χ3v) is 4.38. The number of nitrogens with one attached hydrogen (secondary N) is 3. The number of anilines is 2. The minimum atomic E-state index is -1.01. The first-order valence-electron chi connectivity index (χ1n) is 9.68. The number of hydrogen-bond acceptors (Lipinski definition) is 6. The Bertz CT molecular complexity index is 1170. The summed E-state index contributed by atoms with van der Waals surface area (Å²) in [4.78, 5) is 54.5. The summed E-state index contributed by atoms with van der Waals surface area (Å²) in [6.45, 7) is 2.87. The van der Waals surface area contributed by atoms with Gasteiger partial charge in [0.2, 0.25) is 5.91 Å². The fourth-order valence-electron chi connectivity index (χ4n) is 2.87. The Morgan fingerprint density at radius 3 is 2.35 bits per heavy atom. The average molecular weight is 422 g/mol. The van der Waals surface area contributed by atoms with Gasteiger partial charge >= 0.3 is 5.97 Å². The third-order valence-electron chi connectivity index (χ3n) is 4.38. The van der Waals surface area contributed by atoms with E-state index in [1.54, 1.807) is 48.5 Å². The molecule has 3 aromatic rings. The highest BCUT2D eigenvalue weighted by molar-refractivity contribution is 5.95. The van der Waals surface area contributed by atoms with Gasteiger partial charge < -0.3 is 20.4 Å². The van der Waals surface area contributed by atoms with Crippen LogP contribution in [0.5, 0.6) is 0 Å². The Labute approximate surface area is 177 Å². The molecule has 2 aromatic carbocycles. The predicted molar refractivity (Wildman–Crippen MR) is 116 cm³/mol. The number of nitrogens with zero attached hydrogens (tertiary/aromatic N) is 1. The van der Waals surface area contributed by atoms with E-state index in [1.165, 1.54) is 13.8 Å². The van der Waals surface area contributed by atoms with Gasteiger partial charge in [0.1, 0.15) is 5.82 Å². The first-order valence-corrected chi connectivity index (χ1v) is 9.68. The van der Waals surface area contributed by atoms with Crippen LogP contribution in [0.2, 0.25) is 0 Å². The highest BCUT2D eigenvalue weighted by Gasteiger charge is 2.18. The van der Waals surface area contributed by atoms with Crippen molar-refractivity contribution in [2.45, 2.75) is 32.8 Å². The molecule has 9 heteroatoms. The number of ether oxygens (including phenoxy) is 1. The largest absolute Gasteiger partial charge is 0.453 e. The van der Waals surface area contributed by atoms with Crippen molar-refractivity contribution in [1.82, 2.24) is 9.97 Å². The summed E-state index contributed by atoms with van der Waals surface area (Å²) in [6, 6.07) is 13.5. The molecular formula is C22H22N4O5. The van der Waals surface area contributed by atoms with Crippen molar-refractivity contribution < 1.29 is 19.1 Å². The van der Waals surface area contributed by atoms with Crippen LogP contribution in [0.3, 0.4) is 0 Å². The van der Waals surface area contributed by atoms with Crippen molar-refractivity contribution in [3.05, 3.63) is 64.7 Å². The number of H-pyrrole nitrogens is 1. The van der Waals surface area contributed by atoms with Crippen LogP contribution in [0.25, 0.3) is 10.9 Å². The van der Waals surface area contributed by atoms with E-state index in [0.29, 0.717) is 28.1 Å². The molecule has 3 rings (SSSR count). The van der Waals surface area contributed by atoms with Gasteiger partial charge in [-0.25, -0.2) is 4.98 Å². The topological polar surface area (TPSA) is 130 Å². The first-order chi connectivity index (χ1) is 14.8. The summed E-state index contributed by atoms with van der Waals surface area (Å²) < 4.78 is 5.17. The van der Waals surface area contributed by atoms with E-state index in [2.05, 4.69) is 20.6 Å². The van der Waals surface area contributed by atoms with Crippen LogP contribution in [-0.4, -0.2) is 33.9 Å². The van der Waals surface area contributed by atoms with Gasteiger partial charge in [-0.2, -0.15) is 0 Å². The summed E-state index contributed by atoms with van der Waals surface area (Å²) in [5, 5.41) is 5.74. The van der Waals surface area contributed by atoms with Crippen molar-refractivity contribution in [2.75, 3.05) is 10.6 Å². The number of rotatable bonds is 7. The van der Waals surface area contributed by atoms with Crippen molar-refractivity contribution in [2.24, 2.45) is 0 Å². The molecule has 2 amide bonds. The molecule has 9 nitrogen and oxygen atoms in total. The van der Waals surface area contributed by atoms with Gasteiger partial charge in [-0.05, 0) is 43.3 Å². The predicted octanol–water partition coefficient (Wildman–Crippen LogP) is 2.38. The number of benzene rings is 2. The Morgan fingerprint density at radius 2 is 1.68 bits per heavy atom. The number of aromatic amines is 1. The van der Waals surface area contributed by atoms with Crippen molar-refractivity contribution >= 4 is 40.1 Å². The lowest BCUT2D eigenvalue weighted by Crippen LogP contribution is -2.30. The van der Waals surface area contributed by atoms with Crippen LogP contribution in [0, 0.1) is 0 Å². The quantitative estimate of drug-likeness (QED) is 0.501. The van der Waals surface area contributed by atoms with Gasteiger partial charge in [0.15, 0.2) is 6.10 Å². The molecule has 1 aromatic heterocycles. The normalized spacial score (nSPS) is 11.5. The van der Waals surface area contributed by atoms with E-state index in [1.807, 2.05) is 0 Å². The van der Waals surface area contributed by atoms with Crippen molar-refractivity contribution in [1.29, 1.82) is 0 Å². The zero-order chi connectivity index (χ0) is 22.4. The number of hydrogen-bond donors (Lipinski definition) is 3. The second-order valence-electron chi connectivity index (χ2n) is 6.91. The Morgan fingerprint density at radius 1 is 1.03 bits per heavy atom. The van der Waals surface area contributed by atoms with Gasteiger partial charge in [0.05, 0.1) is 17.3 Å². The van der Waals surface area contributed by atoms with E-state index >= 15 is 0 Å². The van der Waals surface area contributed by atoms with Crippen molar-refractivity contribution in [3.63, 3.8) is 0 Å². The molecule has 0 aliphatic rings. The maximum atomic E-state index is 12.3. The number of carbonyl (C=O) groups is 3. The summed E-state index contributed by atoms with van der Waals surface area (Å²) in [5.41, 5.74) is 1.38. The molecule has 1 atom stereocenters. The van der Waals surface area contributed by atoms with Gasteiger partial charge in [-0.15, -0.1) is 0 Å². The summed E-state index contributed by atoms with van der Waals surface area (Å²) in [5.74, 6) is -0.894. The molecule has 1 unspecified atom stereocenters. The monoisotopic (exact) mass is 422 g/mol. The molecule has 3 N–H and O–H groups in total. The van der Waals surface area contributed by atoms with E-state index in [0.717, 1.165) is 0 Å². The summed E-state index contributed by atoms with van der Waals surface area (Å²) >= 11 is 0. The lowest BCUT2D eigenvalue weighted by atomic mass is 10.2. The second-order valence-corrected chi connectivity index (χ2v) is 6.91. The molecule has 1 heterocycles. The highest BCUT2D eigenvalue weighted by Crippen LogP contribution is 2.14. The number of aryl methyl sites for hydroxylation is 1. The van der Waals surface area contributed by atoms with E-state index in [4.69, 9.17) is 4.74 Å².